The molecule has 25 heavy (non-hydrogen) atoms. The van der Waals surface area contributed by atoms with Gasteiger partial charge >= 0.3 is 0 Å². The number of hydrogen-bond acceptors (Lipinski definition) is 0. The predicted molar refractivity (Wildman–Crippen MR) is 109 cm³/mol. The van der Waals surface area contributed by atoms with Crippen LogP contribution >= 0.6 is 0 Å². The Balaban J connectivity index is 1.83. The second-order valence-corrected chi connectivity index (χ2v) is 6.84. The molecule has 128 valence electrons. The summed E-state index contributed by atoms with van der Waals surface area (Å²) in [7, 11) is 0. The third-order valence-electron chi connectivity index (χ3n) is 5.00. The fourth-order valence-electron chi connectivity index (χ4n) is 3.69. The molecule has 0 aliphatic carbocycles. The summed E-state index contributed by atoms with van der Waals surface area (Å²) in [5, 5.41) is 0. The molecule has 0 heteroatoms. The molecule has 0 heterocycles. The van der Waals surface area contributed by atoms with Gasteiger partial charge in [-0.05, 0) is 66.0 Å². The van der Waals surface area contributed by atoms with Crippen molar-refractivity contribution >= 4 is 0 Å². The molecule has 0 saturated heterocycles. The van der Waals surface area contributed by atoms with Gasteiger partial charge in [0.1, 0.15) is 0 Å². The minimum Gasteiger partial charge on any atom is -0.0651 e. The van der Waals surface area contributed by atoms with E-state index in [1.807, 2.05) is 0 Å². The summed E-state index contributed by atoms with van der Waals surface area (Å²) in [4.78, 5) is 0. The molecule has 0 radical (unpaired) electrons. The fourth-order valence-corrected chi connectivity index (χ4v) is 3.69. The van der Waals surface area contributed by atoms with Crippen LogP contribution in [0.4, 0.5) is 0 Å². The molecule has 3 aromatic carbocycles. The lowest BCUT2D eigenvalue weighted by Crippen LogP contribution is -1.99. The highest BCUT2D eigenvalue weighted by molar-refractivity contribution is 5.72. The highest BCUT2D eigenvalue weighted by Crippen LogP contribution is 2.31. The number of benzene rings is 3. The Bertz CT molecular complexity index is 785. The van der Waals surface area contributed by atoms with Crippen molar-refractivity contribution in [1.29, 1.82) is 0 Å². The summed E-state index contributed by atoms with van der Waals surface area (Å²) in [6.45, 7) is 4.57. The Morgan fingerprint density at radius 1 is 0.640 bits per heavy atom. The van der Waals surface area contributed by atoms with Crippen molar-refractivity contribution in [2.45, 2.75) is 46.0 Å². The van der Waals surface area contributed by atoms with Crippen LogP contribution in [0.2, 0.25) is 0 Å². The van der Waals surface area contributed by atoms with Gasteiger partial charge in [0.2, 0.25) is 0 Å². The maximum atomic E-state index is 2.36. The maximum absolute atomic E-state index is 2.36. The quantitative estimate of drug-likeness (QED) is 0.448. The summed E-state index contributed by atoms with van der Waals surface area (Å²) in [6.07, 6.45) is 5.83. The van der Waals surface area contributed by atoms with Crippen LogP contribution in [-0.4, -0.2) is 0 Å². The summed E-state index contributed by atoms with van der Waals surface area (Å²) in [6, 6.07) is 26.4. The largest absolute Gasteiger partial charge is 0.0651 e. The van der Waals surface area contributed by atoms with E-state index < -0.39 is 0 Å². The van der Waals surface area contributed by atoms with Gasteiger partial charge in [-0.2, -0.15) is 0 Å². The van der Waals surface area contributed by atoms with Gasteiger partial charge in [-0.25, -0.2) is 0 Å². The minimum atomic E-state index is 1.15. The molecule has 0 nitrogen and oxygen atoms in total. The molecule has 0 bridgehead atoms. The van der Waals surface area contributed by atoms with Crippen LogP contribution < -0.4 is 0 Å². The molecule has 0 aliphatic heterocycles. The SMILES string of the molecule is CCCc1ccc(CCCc2ccccc2)c(C)c1-c1ccccc1. The van der Waals surface area contributed by atoms with Crippen LogP contribution in [-0.2, 0) is 19.3 Å². The Labute approximate surface area is 152 Å². The van der Waals surface area contributed by atoms with E-state index in [2.05, 4.69) is 86.6 Å². The zero-order valence-electron chi connectivity index (χ0n) is 15.5. The molecule has 0 fully saturated rings. The van der Waals surface area contributed by atoms with E-state index in [1.54, 1.807) is 0 Å². The van der Waals surface area contributed by atoms with E-state index in [-0.39, 0.29) is 0 Å². The van der Waals surface area contributed by atoms with Crippen LogP contribution in [0.5, 0.6) is 0 Å². The molecule has 0 spiro atoms. The Morgan fingerprint density at radius 3 is 1.96 bits per heavy atom. The molecular formula is C25H28. The molecule has 3 aromatic rings. The second kappa shape index (κ2) is 8.67. The summed E-state index contributed by atoms with van der Waals surface area (Å²) in [5.74, 6) is 0. The monoisotopic (exact) mass is 328 g/mol. The maximum Gasteiger partial charge on any atom is -0.0120 e. The van der Waals surface area contributed by atoms with Gasteiger partial charge in [-0.15, -0.1) is 0 Å². The smallest absolute Gasteiger partial charge is 0.0120 e. The van der Waals surface area contributed by atoms with Gasteiger partial charge in [0.25, 0.3) is 0 Å². The van der Waals surface area contributed by atoms with Gasteiger partial charge in [-0.3, -0.25) is 0 Å². The summed E-state index contributed by atoms with van der Waals surface area (Å²) < 4.78 is 0. The first kappa shape index (κ1) is 17.5. The van der Waals surface area contributed by atoms with E-state index in [1.165, 1.54) is 46.2 Å². The highest BCUT2D eigenvalue weighted by atomic mass is 14.2. The third kappa shape index (κ3) is 4.39. The highest BCUT2D eigenvalue weighted by Gasteiger charge is 2.11. The Morgan fingerprint density at radius 2 is 1.28 bits per heavy atom. The zero-order valence-corrected chi connectivity index (χ0v) is 15.5. The van der Waals surface area contributed by atoms with Crippen LogP contribution in [0, 0.1) is 6.92 Å². The van der Waals surface area contributed by atoms with E-state index in [9.17, 15) is 0 Å². The predicted octanol–water partition coefficient (Wildman–Crippen LogP) is 6.79. The van der Waals surface area contributed by atoms with Gasteiger partial charge < -0.3 is 0 Å². The first-order chi connectivity index (χ1) is 12.3. The Kier molecular flexibility index (Phi) is 6.06. The van der Waals surface area contributed by atoms with E-state index in [0.29, 0.717) is 0 Å². The molecule has 0 amide bonds. The molecule has 0 aliphatic rings. The van der Waals surface area contributed by atoms with Crippen LogP contribution in [0.3, 0.4) is 0 Å². The normalized spacial score (nSPS) is 10.8. The van der Waals surface area contributed by atoms with Gasteiger partial charge in [-0.1, -0.05) is 86.1 Å². The van der Waals surface area contributed by atoms with Gasteiger partial charge in [0.05, 0.1) is 0 Å². The van der Waals surface area contributed by atoms with Crippen molar-refractivity contribution < 1.29 is 0 Å². The van der Waals surface area contributed by atoms with E-state index >= 15 is 0 Å². The lowest BCUT2D eigenvalue weighted by atomic mass is 9.88. The van der Waals surface area contributed by atoms with Crippen molar-refractivity contribution in [1.82, 2.24) is 0 Å². The molecule has 0 aromatic heterocycles. The standard InChI is InChI=1S/C25H28/c1-3-11-23-19-18-22(17-10-14-21-12-6-4-7-13-21)20(2)25(23)24-15-8-5-9-16-24/h4-9,12-13,15-16,18-19H,3,10-11,14,17H2,1-2H3. The second-order valence-electron chi connectivity index (χ2n) is 6.84. The first-order valence-electron chi connectivity index (χ1n) is 9.50. The number of hydrogen-bond donors (Lipinski definition) is 0. The van der Waals surface area contributed by atoms with Crippen LogP contribution in [0.15, 0.2) is 72.8 Å². The average molecular weight is 328 g/mol. The van der Waals surface area contributed by atoms with Crippen molar-refractivity contribution in [2.24, 2.45) is 0 Å². The van der Waals surface area contributed by atoms with Gasteiger partial charge in [0, 0.05) is 0 Å². The van der Waals surface area contributed by atoms with Gasteiger partial charge in [0.15, 0.2) is 0 Å². The topological polar surface area (TPSA) is 0 Å². The zero-order chi connectivity index (χ0) is 17.5. The average Bonchev–Trinajstić information content (AvgIpc) is 2.65. The van der Waals surface area contributed by atoms with E-state index in [0.717, 1.165) is 19.3 Å². The van der Waals surface area contributed by atoms with Crippen LogP contribution in [0.1, 0.15) is 42.0 Å². The van der Waals surface area contributed by atoms with Crippen molar-refractivity contribution in [2.75, 3.05) is 0 Å². The summed E-state index contributed by atoms with van der Waals surface area (Å²) in [5.41, 5.74) is 8.69. The molecule has 3 rings (SSSR count). The van der Waals surface area contributed by atoms with Crippen molar-refractivity contribution in [3.63, 3.8) is 0 Å². The molecular weight excluding hydrogens is 300 g/mol. The number of rotatable bonds is 7. The van der Waals surface area contributed by atoms with E-state index in [4.69, 9.17) is 0 Å². The molecule has 0 unspecified atom stereocenters. The summed E-state index contributed by atoms with van der Waals surface area (Å²) >= 11 is 0. The van der Waals surface area contributed by atoms with Crippen molar-refractivity contribution in [3.05, 3.63) is 95.1 Å². The fraction of sp³-hybridized carbons (Fsp3) is 0.280. The van der Waals surface area contributed by atoms with Crippen LogP contribution in [0.25, 0.3) is 11.1 Å². The molecule has 0 N–H and O–H groups in total. The minimum absolute atomic E-state index is 1.15. The Hall–Kier alpha value is -2.34. The lowest BCUT2D eigenvalue weighted by Gasteiger charge is -2.17. The number of aryl methyl sites for hydroxylation is 3. The molecule has 0 atom stereocenters. The first-order valence-corrected chi connectivity index (χ1v) is 9.50. The van der Waals surface area contributed by atoms with Crippen molar-refractivity contribution in [3.8, 4) is 11.1 Å². The third-order valence-corrected chi connectivity index (χ3v) is 5.00. The molecule has 0 saturated carbocycles. The lowest BCUT2D eigenvalue weighted by molar-refractivity contribution is 0.814.